The Morgan fingerprint density at radius 1 is 0.923 bits per heavy atom. The molecule has 4 unspecified atom stereocenters. The summed E-state index contributed by atoms with van der Waals surface area (Å²) in [6.07, 6.45) is -13.6. The molecule has 12 heteroatoms. The van der Waals surface area contributed by atoms with Crippen molar-refractivity contribution in [3.05, 3.63) is 0 Å². The molecule has 2 aliphatic rings. The summed E-state index contributed by atoms with van der Waals surface area (Å²) in [7, 11) is 0. The standard InChI is InChI=1S/C14H25NO11/c1-4(18)15-7-9(20)12(6(3-17)24-13(7)23)26-14-11(22)10(21)8(19)5(2-16)25-14/h5-14,16-17,19-23H,2-3H2,1H3,(H,15,18)/t5?,6?,7?,8-,9-,10+,11?,12-,13-,14+/m1/s1. The highest BCUT2D eigenvalue weighted by atomic mass is 16.7. The van der Waals surface area contributed by atoms with Gasteiger partial charge in [0.05, 0.1) is 13.2 Å². The van der Waals surface area contributed by atoms with Crippen molar-refractivity contribution in [2.45, 2.75) is 68.3 Å². The van der Waals surface area contributed by atoms with Crippen molar-refractivity contribution >= 4 is 5.91 Å². The van der Waals surface area contributed by atoms with Gasteiger partial charge >= 0.3 is 0 Å². The number of carbonyl (C=O) groups excluding carboxylic acids is 1. The van der Waals surface area contributed by atoms with Gasteiger partial charge < -0.3 is 55.3 Å². The minimum atomic E-state index is -1.73. The van der Waals surface area contributed by atoms with E-state index in [2.05, 4.69) is 5.32 Å². The lowest BCUT2D eigenvalue weighted by molar-refractivity contribution is -0.345. The molecule has 0 aromatic heterocycles. The zero-order valence-corrected chi connectivity index (χ0v) is 14.0. The van der Waals surface area contributed by atoms with Gasteiger partial charge in [0.2, 0.25) is 5.91 Å². The molecule has 10 atom stereocenters. The van der Waals surface area contributed by atoms with Crippen molar-refractivity contribution in [1.82, 2.24) is 5.32 Å². The van der Waals surface area contributed by atoms with Crippen LogP contribution in [0.3, 0.4) is 0 Å². The Morgan fingerprint density at radius 3 is 2.08 bits per heavy atom. The van der Waals surface area contributed by atoms with E-state index in [0.29, 0.717) is 0 Å². The molecule has 152 valence electrons. The minimum absolute atomic E-state index is 0.564. The lowest BCUT2D eigenvalue weighted by Crippen LogP contribution is -2.67. The summed E-state index contributed by atoms with van der Waals surface area (Å²) in [6, 6.07) is -1.29. The topological polar surface area (TPSA) is 198 Å². The summed E-state index contributed by atoms with van der Waals surface area (Å²) in [5, 5.41) is 70.7. The van der Waals surface area contributed by atoms with Crippen LogP contribution in [0.5, 0.6) is 0 Å². The largest absolute Gasteiger partial charge is 0.394 e. The molecule has 2 aliphatic heterocycles. The predicted molar refractivity (Wildman–Crippen MR) is 80.2 cm³/mol. The Hall–Kier alpha value is -0.930. The first-order valence-electron chi connectivity index (χ1n) is 8.06. The molecule has 0 spiro atoms. The number of amides is 1. The fraction of sp³-hybridized carbons (Fsp3) is 0.929. The Morgan fingerprint density at radius 2 is 1.54 bits per heavy atom. The highest BCUT2D eigenvalue weighted by Crippen LogP contribution is 2.28. The van der Waals surface area contributed by atoms with E-state index < -0.39 is 80.5 Å². The van der Waals surface area contributed by atoms with Crippen LogP contribution in [0.4, 0.5) is 0 Å². The molecule has 2 fully saturated rings. The SMILES string of the molecule is CC(=O)NC1[C@H](O)OC(CO)[C@@H](O[C@@H]2OC(CO)[C@@H](O)[C@H](O)C2O)[C@@H]1O. The van der Waals surface area contributed by atoms with Gasteiger partial charge in [-0.15, -0.1) is 0 Å². The maximum absolute atomic E-state index is 11.2. The van der Waals surface area contributed by atoms with Gasteiger partial charge in [-0.25, -0.2) is 0 Å². The number of carbonyl (C=O) groups is 1. The van der Waals surface area contributed by atoms with Crippen LogP contribution in [0.1, 0.15) is 6.92 Å². The molecule has 0 saturated carbocycles. The van der Waals surface area contributed by atoms with Crippen molar-refractivity contribution in [1.29, 1.82) is 0 Å². The van der Waals surface area contributed by atoms with Crippen LogP contribution in [0.2, 0.25) is 0 Å². The van der Waals surface area contributed by atoms with Crippen molar-refractivity contribution < 1.29 is 54.8 Å². The van der Waals surface area contributed by atoms with Gasteiger partial charge in [0.15, 0.2) is 12.6 Å². The Balaban J connectivity index is 2.16. The van der Waals surface area contributed by atoms with Gasteiger partial charge in [0.1, 0.15) is 48.8 Å². The second-order valence-corrected chi connectivity index (χ2v) is 6.26. The highest BCUT2D eigenvalue weighted by molar-refractivity contribution is 5.73. The number of rotatable bonds is 5. The molecule has 2 heterocycles. The number of hydrogen-bond donors (Lipinski definition) is 8. The van der Waals surface area contributed by atoms with Crippen molar-refractivity contribution in [2.24, 2.45) is 0 Å². The number of aliphatic hydroxyl groups is 7. The smallest absolute Gasteiger partial charge is 0.217 e. The van der Waals surface area contributed by atoms with Crippen LogP contribution < -0.4 is 5.32 Å². The molecule has 2 rings (SSSR count). The Bertz CT molecular complexity index is 478. The van der Waals surface area contributed by atoms with Gasteiger partial charge in [-0.05, 0) is 0 Å². The van der Waals surface area contributed by atoms with Crippen molar-refractivity contribution in [2.75, 3.05) is 13.2 Å². The average molecular weight is 383 g/mol. The molecule has 8 N–H and O–H groups in total. The maximum Gasteiger partial charge on any atom is 0.217 e. The molecule has 12 nitrogen and oxygen atoms in total. The fourth-order valence-electron chi connectivity index (χ4n) is 2.98. The lowest BCUT2D eigenvalue weighted by Gasteiger charge is -2.46. The Labute approximate surface area is 148 Å². The third-order valence-corrected chi connectivity index (χ3v) is 4.38. The van der Waals surface area contributed by atoms with Gasteiger partial charge in [0, 0.05) is 6.92 Å². The van der Waals surface area contributed by atoms with E-state index in [1.165, 1.54) is 0 Å². The molecule has 0 aromatic carbocycles. The molecular formula is C14H25NO11. The molecule has 0 aliphatic carbocycles. The third kappa shape index (κ3) is 4.31. The number of hydrogen-bond acceptors (Lipinski definition) is 11. The highest BCUT2D eigenvalue weighted by Gasteiger charge is 2.50. The first-order valence-corrected chi connectivity index (χ1v) is 8.06. The minimum Gasteiger partial charge on any atom is -0.394 e. The second kappa shape index (κ2) is 8.84. The molecule has 0 aromatic rings. The van der Waals surface area contributed by atoms with E-state index in [1.807, 2.05) is 0 Å². The van der Waals surface area contributed by atoms with Crippen LogP contribution in [-0.2, 0) is 19.0 Å². The average Bonchev–Trinajstić information content (AvgIpc) is 2.60. The van der Waals surface area contributed by atoms with E-state index in [-0.39, 0.29) is 0 Å². The lowest BCUT2D eigenvalue weighted by atomic mass is 9.95. The molecule has 0 radical (unpaired) electrons. The predicted octanol–water partition coefficient (Wildman–Crippen LogP) is -5.25. The molecule has 0 bridgehead atoms. The molecule has 1 amide bonds. The summed E-state index contributed by atoms with van der Waals surface area (Å²) in [4.78, 5) is 11.2. The van der Waals surface area contributed by atoms with Gasteiger partial charge in [0.25, 0.3) is 0 Å². The van der Waals surface area contributed by atoms with Crippen molar-refractivity contribution in [3.63, 3.8) is 0 Å². The number of aliphatic hydroxyl groups excluding tert-OH is 7. The zero-order valence-electron chi connectivity index (χ0n) is 14.0. The van der Waals surface area contributed by atoms with Crippen LogP contribution >= 0.6 is 0 Å². The van der Waals surface area contributed by atoms with E-state index in [9.17, 15) is 40.5 Å². The van der Waals surface area contributed by atoms with Gasteiger partial charge in [-0.1, -0.05) is 0 Å². The normalized spacial score (nSPS) is 46.8. The Kier molecular flexibility index (Phi) is 7.27. The number of ether oxygens (including phenoxy) is 3. The molecular weight excluding hydrogens is 358 g/mol. The second-order valence-electron chi connectivity index (χ2n) is 6.26. The maximum atomic E-state index is 11.2. The first kappa shape index (κ1) is 21.4. The van der Waals surface area contributed by atoms with E-state index in [4.69, 9.17) is 14.2 Å². The summed E-state index contributed by atoms with van der Waals surface area (Å²) >= 11 is 0. The number of nitrogens with one attached hydrogen (secondary N) is 1. The monoisotopic (exact) mass is 383 g/mol. The quantitative estimate of drug-likeness (QED) is 0.226. The molecule has 2 saturated heterocycles. The zero-order chi connectivity index (χ0) is 19.6. The summed E-state index contributed by atoms with van der Waals surface area (Å²) in [5.74, 6) is -0.564. The summed E-state index contributed by atoms with van der Waals surface area (Å²) in [5.41, 5.74) is 0. The van der Waals surface area contributed by atoms with Crippen LogP contribution in [-0.4, -0.2) is 116 Å². The van der Waals surface area contributed by atoms with Crippen molar-refractivity contribution in [3.8, 4) is 0 Å². The van der Waals surface area contributed by atoms with E-state index in [0.717, 1.165) is 6.92 Å². The summed E-state index contributed by atoms with van der Waals surface area (Å²) in [6.45, 7) is -0.195. The van der Waals surface area contributed by atoms with Crippen LogP contribution in [0.25, 0.3) is 0 Å². The first-order chi connectivity index (χ1) is 12.2. The summed E-state index contributed by atoms with van der Waals surface area (Å²) < 4.78 is 15.7. The van der Waals surface area contributed by atoms with E-state index in [1.54, 1.807) is 0 Å². The van der Waals surface area contributed by atoms with Gasteiger partial charge in [-0.2, -0.15) is 0 Å². The molecule has 26 heavy (non-hydrogen) atoms. The van der Waals surface area contributed by atoms with Gasteiger partial charge in [-0.3, -0.25) is 4.79 Å². The van der Waals surface area contributed by atoms with Crippen LogP contribution in [0, 0.1) is 0 Å². The van der Waals surface area contributed by atoms with Crippen LogP contribution in [0.15, 0.2) is 0 Å². The van der Waals surface area contributed by atoms with E-state index >= 15 is 0 Å². The third-order valence-electron chi connectivity index (χ3n) is 4.38. The fourth-order valence-corrected chi connectivity index (χ4v) is 2.98.